The average molecular weight is 307 g/mol. The molecule has 0 spiro atoms. The Hall–Kier alpha value is -0.910. The molecule has 0 aliphatic carbocycles. The van der Waals surface area contributed by atoms with Crippen molar-refractivity contribution in [3.05, 3.63) is 18.0 Å². The van der Waals surface area contributed by atoms with Crippen molar-refractivity contribution in [2.24, 2.45) is 5.92 Å². The zero-order chi connectivity index (χ0) is 15.7. The molecule has 2 fully saturated rings. The fraction of sp³-hybridized carbons (Fsp3) is 0.824. The normalized spacial score (nSPS) is 33.7. The van der Waals surface area contributed by atoms with Crippen LogP contribution >= 0.6 is 0 Å². The number of ether oxygens (including phenoxy) is 1. The maximum atomic E-state index is 10.7. The molecule has 5 heteroatoms. The molecule has 0 aromatic carbocycles. The van der Waals surface area contributed by atoms with Gasteiger partial charge in [-0.05, 0) is 46.6 Å². The van der Waals surface area contributed by atoms with Gasteiger partial charge in [0.05, 0.1) is 18.4 Å². The van der Waals surface area contributed by atoms with Crippen LogP contribution in [0.5, 0.6) is 0 Å². The number of aliphatic hydroxyl groups is 1. The van der Waals surface area contributed by atoms with Gasteiger partial charge in [-0.1, -0.05) is 0 Å². The Morgan fingerprint density at radius 1 is 1.50 bits per heavy atom. The molecule has 1 aromatic rings. The van der Waals surface area contributed by atoms with Crippen LogP contribution in [0.3, 0.4) is 0 Å². The van der Waals surface area contributed by atoms with E-state index < -0.39 is 5.60 Å². The summed E-state index contributed by atoms with van der Waals surface area (Å²) >= 11 is 0. The van der Waals surface area contributed by atoms with Gasteiger partial charge >= 0.3 is 0 Å². The van der Waals surface area contributed by atoms with E-state index in [1.54, 1.807) is 0 Å². The van der Waals surface area contributed by atoms with Gasteiger partial charge in [-0.15, -0.1) is 0 Å². The zero-order valence-electron chi connectivity index (χ0n) is 14.0. The first-order chi connectivity index (χ1) is 10.5. The summed E-state index contributed by atoms with van der Waals surface area (Å²) in [6.07, 6.45) is 7.23. The highest BCUT2D eigenvalue weighted by Gasteiger charge is 2.43. The second kappa shape index (κ2) is 6.30. The monoisotopic (exact) mass is 307 g/mol. The van der Waals surface area contributed by atoms with Gasteiger partial charge in [-0.2, -0.15) is 5.10 Å². The van der Waals surface area contributed by atoms with E-state index in [9.17, 15) is 5.11 Å². The van der Waals surface area contributed by atoms with E-state index >= 15 is 0 Å². The van der Waals surface area contributed by atoms with Gasteiger partial charge in [0.15, 0.2) is 0 Å². The minimum atomic E-state index is -0.604. The Balaban J connectivity index is 1.69. The molecule has 3 unspecified atom stereocenters. The Labute approximate surface area is 133 Å². The van der Waals surface area contributed by atoms with E-state index in [1.165, 1.54) is 12.0 Å². The maximum Gasteiger partial charge on any atom is 0.0706 e. The molecule has 3 rings (SSSR count). The van der Waals surface area contributed by atoms with E-state index in [0.717, 1.165) is 25.9 Å². The topological polar surface area (TPSA) is 50.5 Å². The average Bonchev–Trinajstić information content (AvgIpc) is 3.08. The molecule has 1 N–H and O–H groups in total. The summed E-state index contributed by atoms with van der Waals surface area (Å²) < 4.78 is 7.68. The first-order valence-corrected chi connectivity index (χ1v) is 8.54. The van der Waals surface area contributed by atoms with Gasteiger partial charge in [0.25, 0.3) is 0 Å². The molecule has 3 heterocycles. The fourth-order valence-corrected chi connectivity index (χ4v) is 3.86. The van der Waals surface area contributed by atoms with Crippen LogP contribution in [-0.2, 0) is 11.3 Å². The largest absolute Gasteiger partial charge is 0.390 e. The highest BCUT2D eigenvalue weighted by Crippen LogP contribution is 2.36. The van der Waals surface area contributed by atoms with Crippen molar-refractivity contribution in [1.82, 2.24) is 14.7 Å². The quantitative estimate of drug-likeness (QED) is 0.926. The predicted molar refractivity (Wildman–Crippen MR) is 85.6 cm³/mol. The molecule has 22 heavy (non-hydrogen) atoms. The Morgan fingerprint density at radius 2 is 2.32 bits per heavy atom. The number of hydrogen-bond acceptors (Lipinski definition) is 4. The molecule has 2 aliphatic heterocycles. The molecule has 124 valence electrons. The maximum absolute atomic E-state index is 10.7. The SMILES string of the molecule is CC(C)n1cc(CN2CCCC2C2COCCC2(C)O)cn1. The lowest BCUT2D eigenvalue weighted by Crippen LogP contribution is -2.52. The van der Waals surface area contributed by atoms with Crippen molar-refractivity contribution < 1.29 is 9.84 Å². The molecule has 0 bridgehead atoms. The highest BCUT2D eigenvalue weighted by molar-refractivity contribution is 5.06. The van der Waals surface area contributed by atoms with Crippen molar-refractivity contribution in [1.29, 1.82) is 0 Å². The molecule has 0 saturated carbocycles. The van der Waals surface area contributed by atoms with Crippen molar-refractivity contribution in [2.45, 2.75) is 64.3 Å². The molecule has 0 amide bonds. The standard InChI is InChI=1S/C17H29N3O2/c1-13(2)20-11-14(9-18-20)10-19-7-4-5-16(19)15-12-22-8-6-17(15,3)21/h9,11,13,15-16,21H,4-8,10,12H2,1-3H3. The minimum Gasteiger partial charge on any atom is -0.390 e. The van der Waals surface area contributed by atoms with Gasteiger partial charge in [0.2, 0.25) is 0 Å². The lowest BCUT2D eigenvalue weighted by Gasteiger charge is -2.43. The van der Waals surface area contributed by atoms with Gasteiger partial charge < -0.3 is 9.84 Å². The molecule has 3 atom stereocenters. The number of hydrogen-bond donors (Lipinski definition) is 1. The number of rotatable bonds is 4. The summed E-state index contributed by atoms with van der Waals surface area (Å²) in [6, 6.07) is 0.813. The third-order valence-electron chi connectivity index (χ3n) is 5.30. The van der Waals surface area contributed by atoms with Crippen LogP contribution in [0.4, 0.5) is 0 Å². The predicted octanol–water partition coefficient (Wildman–Crippen LogP) is 2.22. The van der Waals surface area contributed by atoms with Crippen LogP contribution in [0.25, 0.3) is 0 Å². The summed E-state index contributed by atoms with van der Waals surface area (Å²) in [5.41, 5.74) is 0.658. The lowest BCUT2D eigenvalue weighted by molar-refractivity contribution is -0.123. The summed E-state index contributed by atoms with van der Waals surface area (Å²) in [5.74, 6) is 0.212. The van der Waals surface area contributed by atoms with Gasteiger partial charge in [0, 0.05) is 42.9 Å². The van der Waals surface area contributed by atoms with Crippen molar-refractivity contribution in [3.63, 3.8) is 0 Å². The Morgan fingerprint density at radius 3 is 3.00 bits per heavy atom. The van der Waals surface area contributed by atoms with Crippen LogP contribution in [0.1, 0.15) is 51.6 Å². The van der Waals surface area contributed by atoms with E-state index in [-0.39, 0.29) is 5.92 Å². The molecular formula is C17H29N3O2. The van der Waals surface area contributed by atoms with Crippen LogP contribution in [-0.4, -0.2) is 51.2 Å². The van der Waals surface area contributed by atoms with Crippen molar-refractivity contribution >= 4 is 0 Å². The van der Waals surface area contributed by atoms with E-state index in [4.69, 9.17) is 4.74 Å². The molecular weight excluding hydrogens is 278 g/mol. The molecule has 0 radical (unpaired) electrons. The second-order valence-electron chi connectivity index (χ2n) is 7.39. The van der Waals surface area contributed by atoms with Crippen molar-refractivity contribution in [2.75, 3.05) is 19.8 Å². The van der Waals surface area contributed by atoms with Gasteiger partial charge in [-0.25, -0.2) is 0 Å². The third kappa shape index (κ3) is 3.21. The lowest BCUT2D eigenvalue weighted by atomic mass is 9.79. The highest BCUT2D eigenvalue weighted by atomic mass is 16.5. The minimum absolute atomic E-state index is 0.212. The Bertz CT molecular complexity index is 498. The third-order valence-corrected chi connectivity index (χ3v) is 5.30. The van der Waals surface area contributed by atoms with E-state index in [2.05, 4.69) is 30.0 Å². The van der Waals surface area contributed by atoms with Gasteiger partial charge in [-0.3, -0.25) is 9.58 Å². The van der Waals surface area contributed by atoms with Crippen LogP contribution in [0, 0.1) is 5.92 Å². The van der Waals surface area contributed by atoms with Crippen molar-refractivity contribution in [3.8, 4) is 0 Å². The summed E-state index contributed by atoms with van der Waals surface area (Å²) in [7, 11) is 0. The summed E-state index contributed by atoms with van der Waals surface area (Å²) in [4.78, 5) is 2.51. The molecule has 5 nitrogen and oxygen atoms in total. The smallest absolute Gasteiger partial charge is 0.0706 e. The Kier molecular flexibility index (Phi) is 4.57. The molecule has 2 aliphatic rings. The van der Waals surface area contributed by atoms with E-state index in [0.29, 0.717) is 25.3 Å². The summed E-state index contributed by atoms with van der Waals surface area (Å²) in [6.45, 7) is 9.65. The first-order valence-electron chi connectivity index (χ1n) is 8.54. The summed E-state index contributed by atoms with van der Waals surface area (Å²) in [5, 5.41) is 15.2. The number of aromatic nitrogens is 2. The molecule has 2 saturated heterocycles. The molecule has 1 aromatic heterocycles. The van der Waals surface area contributed by atoms with E-state index in [1.807, 2.05) is 17.8 Å². The number of likely N-dealkylation sites (tertiary alicyclic amines) is 1. The second-order valence-corrected chi connectivity index (χ2v) is 7.39. The first kappa shape index (κ1) is 16.0. The van der Waals surface area contributed by atoms with Crippen LogP contribution in [0.2, 0.25) is 0 Å². The van der Waals surface area contributed by atoms with Crippen LogP contribution < -0.4 is 0 Å². The van der Waals surface area contributed by atoms with Gasteiger partial charge in [0.1, 0.15) is 0 Å². The number of nitrogens with zero attached hydrogens (tertiary/aromatic N) is 3. The zero-order valence-corrected chi connectivity index (χ0v) is 14.0. The fourth-order valence-electron chi connectivity index (χ4n) is 3.86. The van der Waals surface area contributed by atoms with Crippen LogP contribution in [0.15, 0.2) is 12.4 Å².